The summed E-state index contributed by atoms with van der Waals surface area (Å²) in [6, 6.07) is 2.20. The van der Waals surface area contributed by atoms with Crippen molar-refractivity contribution < 1.29 is 0 Å². The normalized spacial score (nSPS) is 15.5. The van der Waals surface area contributed by atoms with Gasteiger partial charge in [0.2, 0.25) is 0 Å². The van der Waals surface area contributed by atoms with Gasteiger partial charge < -0.3 is 0 Å². The Morgan fingerprint density at radius 1 is 1.50 bits per heavy atom. The van der Waals surface area contributed by atoms with Gasteiger partial charge in [-0.3, -0.25) is 0 Å². The van der Waals surface area contributed by atoms with E-state index in [0.29, 0.717) is 10.7 Å². The summed E-state index contributed by atoms with van der Waals surface area (Å²) in [6.07, 6.45) is 2.53. The average molecular weight is 340 g/mol. The number of halogens is 2. The summed E-state index contributed by atoms with van der Waals surface area (Å²) in [5.74, 6) is 0.703. The highest BCUT2D eigenvalue weighted by Crippen LogP contribution is 2.41. The van der Waals surface area contributed by atoms with Crippen molar-refractivity contribution in [3.63, 3.8) is 0 Å². The van der Waals surface area contributed by atoms with Gasteiger partial charge in [-0.15, -0.1) is 11.3 Å². The zero-order valence-corrected chi connectivity index (χ0v) is 12.8. The van der Waals surface area contributed by atoms with Crippen LogP contribution in [0.5, 0.6) is 0 Å². The fourth-order valence-electron chi connectivity index (χ4n) is 1.55. The van der Waals surface area contributed by atoms with Crippen LogP contribution in [0.25, 0.3) is 0 Å². The van der Waals surface area contributed by atoms with Crippen LogP contribution >= 0.6 is 43.2 Å². The van der Waals surface area contributed by atoms with Gasteiger partial charge in [-0.1, -0.05) is 36.2 Å². The maximum absolute atomic E-state index is 3.80. The molecular formula is C11H16Br2S. The number of hydrogen-bond donors (Lipinski definition) is 0. The van der Waals surface area contributed by atoms with Gasteiger partial charge in [0, 0.05) is 14.2 Å². The molecule has 1 aromatic rings. The first-order chi connectivity index (χ1) is 6.56. The molecule has 2 unspecified atom stereocenters. The van der Waals surface area contributed by atoms with Crippen molar-refractivity contribution in [2.45, 2.75) is 38.4 Å². The van der Waals surface area contributed by atoms with Crippen molar-refractivity contribution in [2.75, 3.05) is 0 Å². The predicted molar refractivity (Wildman–Crippen MR) is 72.5 cm³/mol. The van der Waals surface area contributed by atoms with Gasteiger partial charge in [-0.05, 0) is 41.3 Å². The zero-order valence-electron chi connectivity index (χ0n) is 8.81. The summed E-state index contributed by atoms with van der Waals surface area (Å²) in [4.78, 5) is 3.30. The summed E-state index contributed by atoms with van der Waals surface area (Å²) in [5, 5.41) is 0. The van der Waals surface area contributed by atoms with E-state index >= 15 is 0 Å². The third-order valence-electron chi connectivity index (χ3n) is 2.33. The Hall–Kier alpha value is 0.660. The van der Waals surface area contributed by atoms with E-state index in [4.69, 9.17) is 0 Å². The molecule has 0 aliphatic heterocycles. The van der Waals surface area contributed by atoms with E-state index in [9.17, 15) is 0 Å². The first kappa shape index (κ1) is 12.7. The number of rotatable bonds is 4. The summed E-state index contributed by atoms with van der Waals surface area (Å²) in [5.41, 5.74) is 0. The molecule has 0 nitrogen and oxygen atoms in total. The number of hydrogen-bond acceptors (Lipinski definition) is 1. The van der Waals surface area contributed by atoms with Crippen LogP contribution in [-0.4, -0.2) is 0 Å². The van der Waals surface area contributed by atoms with E-state index in [-0.39, 0.29) is 0 Å². The molecule has 14 heavy (non-hydrogen) atoms. The van der Waals surface area contributed by atoms with E-state index < -0.39 is 0 Å². The fraction of sp³-hybridized carbons (Fsp3) is 0.636. The van der Waals surface area contributed by atoms with Gasteiger partial charge in [0.05, 0.1) is 4.83 Å². The third kappa shape index (κ3) is 3.07. The van der Waals surface area contributed by atoms with Crippen LogP contribution in [0.3, 0.4) is 0 Å². The molecule has 1 aromatic heterocycles. The van der Waals surface area contributed by atoms with Gasteiger partial charge in [0.1, 0.15) is 0 Å². The lowest BCUT2D eigenvalue weighted by Crippen LogP contribution is -2.01. The molecule has 1 rings (SSSR count). The van der Waals surface area contributed by atoms with E-state index in [2.05, 4.69) is 58.7 Å². The average Bonchev–Trinajstić information content (AvgIpc) is 2.44. The van der Waals surface area contributed by atoms with Crippen LogP contribution in [0, 0.1) is 12.8 Å². The highest BCUT2D eigenvalue weighted by atomic mass is 79.9. The van der Waals surface area contributed by atoms with Crippen LogP contribution in [0.4, 0.5) is 0 Å². The van der Waals surface area contributed by atoms with E-state index in [1.807, 2.05) is 11.3 Å². The molecule has 0 spiro atoms. The molecular weight excluding hydrogens is 324 g/mol. The monoisotopic (exact) mass is 338 g/mol. The minimum atomic E-state index is 0.496. The highest BCUT2D eigenvalue weighted by Gasteiger charge is 2.19. The Kier molecular flexibility index (Phi) is 5.15. The summed E-state index contributed by atoms with van der Waals surface area (Å²) in [7, 11) is 0. The molecule has 0 N–H and O–H groups in total. The van der Waals surface area contributed by atoms with E-state index in [1.54, 1.807) is 0 Å². The Labute approximate surface area is 107 Å². The molecule has 0 saturated heterocycles. The summed E-state index contributed by atoms with van der Waals surface area (Å²) in [6.45, 7) is 6.71. The predicted octanol–water partition coefficient (Wildman–Crippen LogP) is 5.69. The summed E-state index contributed by atoms with van der Waals surface area (Å²) < 4.78 is 1.25. The molecule has 0 bridgehead atoms. The van der Waals surface area contributed by atoms with Crippen molar-refractivity contribution in [1.82, 2.24) is 0 Å². The van der Waals surface area contributed by atoms with E-state index in [1.165, 1.54) is 27.1 Å². The fourth-order valence-corrected chi connectivity index (χ4v) is 4.66. The number of alkyl halides is 1. The van der Waals surface area contributed by atoms with Crippen molar-refractivity contribution in [2.24, 2.45) is 5.92 Å². The minimum Gasteiger partial charge on any atom is -0.143 e. The van der Waals surface area contributed by atoms with Crippen molar-refractivity contribution in [3.05, 3.63) is 20.3 Å². The molecule has 0 aliphatic rings. The molecule has 0 fully saturated rings. The second-order valence-corrected chi connectivity index (χ2v) is 6.87. The molecule has 0 amide bonds. The van der Waals surface area contributed by atoms with Gasteiger partial charge >= 0.3 is 0 Å². The van der Waals surface area contributed by atoms with Crippen molar-refractivity contribution in [3.8, 4) is 0 Å². The topological polar surface area (TPSA) is 0 Å². The van der Waals surface area contributed by atoms with Crippen molar-refractivity contribution >= 4 is 43.2 Å². The Bertz CT molecular complexity index is 293. The van der Waals surface area contributed by atoms with Crippen LogP contribution in [0.1, 0.15) is 41.3 Å². The lowest BCUT2D eigenvalue weighted by molar-refractivity contribution is 0.522. The largest absolute Gasteiger partial charge is 0.143 e. The quantitative estimate of drug-likeness (QED) is 0.618. The molecule has 1 heterocycles. The zero-order chi connectivity index (χ0) is 10.7. The van der Waals surface area contributed by atoms with Gasteiger partial charge in [-0.25, -0.2) is 0 Å². The van der Waals surface area contributed by atoms with Gasteiger partial charge in [-0.2, -0.15) is 0 Å². The van der Waals surface area contributed by atoms with Crippen LogP contribution in [0.2, 0.25) is 0 Å². The lowest BCUT2D eigenvalue weighted by Gasteiger charge is -2.16. The Morgan fingerprint density at radius 2 is 2.14 bits per heavy atom. The SMILES string of the molecule is CCCC(C)C(Br)c1sc(C)cc1Br. The van der Waals surface area contributed by atoms with Crippen LogP contribution in [0.15, 0.2) is 10.5 Å². The number of aryl methyl sites for hydroxylation is 1. The minimum absolute atomic E-state index is 0.496. The standard InChI is InChI=1S/C11H16Br2S/c1-4-5-7(2)10(13)11-9(12)6-8(3)14-11/h6-7,10H,4-5H2,1-3H3. The van der Waals surface area contributed by atoms with Crippen LogP contribution in [-0.2, 0) is 0 Å². The second-order valence-electron chi connectivity index (χ2n) is 3.74. The first-order valence-corrected chi connectivity index (χ1v) is 7.48. The second kappa shape index (κ2) is 5.66. The molecule has 3 heteroatoms. The highest BCUT2D eigenvalue weighted by molar-refractivity contribution is 9.11. The third-order valence-corrected chi connectivity index (χ3v) is 6.05. The molecule has 0 radical (unpaired) electrons. The molecule has 0 aromatic carbocycles. The molecule has 0 aliphatic carbocycles. The maximum atomic E-state index is 3.80. The maximum Gasteiger partial charge on any atom is 0.0526 e. The van der Waals surface area contributed by atoms with Crippen molar-refractivity contribution in [1.29, 1.82) is 0 Å². The van der Waals surface area contributed by atoms with Gasteiger partial charge in [0.25, 0.3) is 0 Å². The van der Waals surface area contributed by atoms with Gasteiger partial charge in [0.15, 0.2) is 0 Å². The Morgan fingerprint density at radius 3 is 2.57 bits per heavy atom. The molecule has 80 valence electrons. The first-order valence-electron chi connectivity index (χ1n) is 4.96. The lowest BCUT2D eigenvalue weighted by atomic mass is 10.0. The summed E-state index contributed by atoms with van der Waals surface area (Å²) >= 11 is 9.30. The van der Waals surface area contributed by atoms with Crippen LogP contribution < -0.4 is 0 Å². The smallest absolute Gasteiger partial charge is 0.0526 e. The number of thiophene rings is 1. The van der Waals surface area contributed by atoms with E-state index in [0.717, 1.165) is 0 Å². The molecule has 2 atom stereocenters. The Balaban J connectivity index is 2.77. The molecule has 0 saturated carbocycles.